The molecule has 33 heavy (non-hydrogen) atoms. The summed E-state index contributed by atoms with van der Waals surface area (Å²) in [6, 6.07) is 5.60. The fourth-order valence-electron chi connectivity index (χ4n) is 3.38. The highest BCUT2D eigenvalue weighted by Gasteiger charge is 2.24. The van der Waals surface area contributed by atoms with Crippen LogP contribution in [0, 0.1) is 5.82 Å². The Hall–Kier alpha value is -2.63. The summed E-state index contributed by atoms with van der Waals surface area (Å²) >= 11 is 0. The van der Waals surface area contributed by atoms with E-state index in [-0.39, 0.29) is 31.1 Å². The Morgan fingerprint density at radius 1 is 1.12 bits per heavy atom. The minimum absolute atomic E-state index is 0.0262. The first-order chi connectivity index (χ1) is 15.3. The number of hydrogen-bond acceptors (Lipinski definition) is 7. The Morgan fingerprint density at radius 2 is 1.73 bits per heavy atom. The van der Waals surface area contributed by atoms with Crippen molar-refractivity contribution in [3.63, 3.8) is 0 Å². The van der Waals surface area contributed by atoms with Gasteiger partial charge in [0.05, 0.1) is 36.3 Å². The highest BCUT2D eigenvalue weighted by molar-refractivity contribution is 7.92. The maximum atomic E-state index is 13.5. The van der Waals surface area contributed by atoms with Crippen LogP contribution >= 0.6 is 0 Å². The number of nitrogens with zero attached hydrogens (tertiary/aromatic N) is 3. The van der Waals surface area contributed by atoms with Crippen molar-refractivity contribution < 1.29 is 32.9 Å². The largest absolute Gasteiger partial charge is 0.481 e. The number of aliphatic hydroxyl groups is 2. The van der Waals surface area contributed by atoms with E-state index in [1.54, 1.807) is 0 Å². The molecule has 0 aliphatic heterocycles. The van der Waals surface area contributed by atoms with Gasteiger partial charge in [0.25, 0.3) is 0 Å². The maximum absolute atomic E-state index is 13.5. The molecule has 2 atom stereocenters. The number of halogens is 1. The van der Waals surface area contributed by atoms with Gasteiger partial charge in [0.1, 0.15) is 5.82 Å². The third-order valence-electron chi connectivity index (χ3n) is 5.15. The Labute approximate surface area is 193 Å². The fraction of sp³-hybridized carbons (Fsp3) is 0.500. The zero-order valence-corrected chi connectivity index (χ0v) is 19.9. The van der Waals surface area contributed by atoms with Crippen LogP contribution in [0.15, 0.2) is 24.3 Å². The van der Waals surface area contributed by atoms with Gasteiger partial charge in [-0.25, -0.2) is 27.1 Å². The van der Waals surface area contributed by atoms with E-state index in [0.29, 0.717) is 22.5 Å². The van der Waals surface area contributed by atoms with Crippen molar-refractivity contribution in [1.82, 2.24) is 9.97 Å². The van der Waals surface area contributed by atoms with E-state index in [1.165, 1.54) is 31.3 Å². The smallest absolute Gasteiger partial charge is 0.305 e. The zero-order valence-electron chi connectivity index (χ0n) is 19.1. The van der Waals surface area contributed by atoms with E-state index in [1.807, 2.05) is 13.8 Å². The fourth-order valence-corrected chi connectivity index (χ4v) is 3.75. The number of rotatable bonds is 11. The molecule has 0 bridgehead atoms. The monoisotopic (exact) mass is 483 g/mol. The van der Waals surface area contributed by atoms with Crippen LogP contribution in [0.4, 0.5) is 10.3 Å². The number of carbonyl (C=O) groups is 1. The summed E-state index contributed by atoms with van der Waals surface area (Å²) < 4.78 is 38.7. The van der Waals surface area contributed by atoms with Crippen LogP contribution in [-0.2, 0) is 21.2 Å². The number of anilines is 1. The molecular weight excluding hydrogens is 453 g/mol. The molecule has 2 aromatic rings. The molecular formula is C22H30FN3O6S. The third kappa shape index (κ3) is 7.44. The van der Waals surface area contributed by atoms with Crippen molar-refractivity contribution in [2.45, 2.75) is 57.7 Å². The Morgan fingerprint density at radius 3 is 2.24 bits per heavy atom. The van der Waals surface area contributed by atoms with E-state index < -0.39 is 40.4 Å². The van der Waals surface area contributed by atoms with Crippen molar-refractivity contribution in [3.8, 4) is 11.3 Å². The molecule has 182 valence electrons. The molecule has 0 aliphatic carbocycles. The molecule has 9 nitrogen and oxygen atoms in total. The third-order valence-corrected chi connectivity index (χ3v) is 6.31. The predicted molar refractivity (Wildman–Crippen MR) is 122 cm³/mol. The van der Waals surface area contributed by atoms with E-state index in [4.69, 9.17) is 5.11 Å². The lowest BCUT2D eigenvalue weighted by Gasteiger charge is -2.22. The second-order valence-electron chi connectivity index (χ2n) is 8.31. The first-order valence-electron chi connectivity index (χ1n) is 10.5. The SMILES string of the molecule is CC(C)c1nc(N(C)S(C)(=O)=O)nc(-c2ccc(F)cc2)c1CC[C@H](O)C[C@@H](O)CC(=O)O. The molecule has 1 aromatic heterocycles. The molecule has 0 fully saturated rings. The maximum Gasteiger partial charge on any atom is 0.305 e. The Bertz CT molecular complexity index is 1080. The van der Waals surface area contributed by atoms with Gasteiger partial charge >= 0.3 is 5.97 Å². The van der Waals surface area contributed by atoms with Gasteiger partial charge in [-0.2, -0.15) is 0 Å². The van der Waals surface area contributed by atoms with Crippen LogP contribution in [-0.4, -0.2) is 65.2 Å². The van der Waals surface area contributed by atoms with Gasteiger partial charge in [-0.3, -0.25) is 4.79 Å². The van der Waals surface area contributed by atoms with E-state index in [0.717, 1.165) is 10.6 Å². The van der Waals surface area contributed by atoms with Gasteiger partial charge in [-0.1, -0.05) is 13.8 Å². The summed E-state index contributed by atoms with van der Waals surface area (Å²) in [6.07, 6.45) is -1.22. The summed E-state index contributed by atoms with van der Waals surface area (Å²) in [6.45, 7) is 3.77. The summed E-state index contributed by atoms with van der Waals surface area (Å²) in [4.78, 5) is 19.7. The molecule has 2 rings (SSSR count). The Kier molecular flexibility index (Phi) is 8.87. The number of aliphatic hydroxyl groups excluding tert-OH is 2. The normalized spacial score (nSPS) is 13.7. The number of aliphatic carboxylic acids is 1. The number of aromatic nitrogens is 2. The lowest BCUT2D eigenvalue weighted by atomic mass is 9.93. The average molecular weight is 484 g/mol. The minimum Gasteiger partial charge on any atom is -0.481 e. The van der Waals surface area contributed by atoms with Crippen LogP contribution < -0.4 is 4.31 Å². The lowest BCUT2D eigenvalue weighted by Crippen LogP contribution is -2.28. The van der Waals surface area contributed by atoms with Crippen LogP contribution in [0.25, 0.3) is 11.3 Å². The summed E-state index contributed by atoms with van der Waals surface area (Å²) in [5, 5.41) is 28.9. The van der Waals surface area contributed by atoms with Gasteiger partial charge in [0.15, 0.2) is 0 Å². The van der Waals surface area contributed by atoms with Crippen molar-refractivity contribution in [1.29, 1.82) is 0 Å². The summed E-state index contributed by atoms with van der Waals surface area (Å²) in [5.41, 5.74) is 2.21. The number of benzene rings is 1. The molecule has 1 heterocycles. The molecule has 1 aromatic carbocycles. The average Bonchev–Trinajstić information content (AvgIpc) is 2.70. The van der Waals surface area contributed by atoms with E-state index in [9.17, 15) is 27.8 Å². The number of carboxylic acid groups (broad SMARTS) is 1. The van der Waals surface area contributed by atoms with Gasteiger partial charge in [0, 0.05) is 18.2 Å². The number of sulfonamides is 1. The number of carboxylic acids is 1. The van der Waals surface area contributed by atoms with Gasteiger partial charge in [-0.15, -0.1) is 0 Å². The lowest BCUT2D eigenvalue weighted by molar-refractivity contribution is -0.139. The molecule has 3 N–H and O–H groups in total. The van der Waals surface area contributed by atoms with Crippen LogP contribution in [0.3, 0.4) is 0 Å². The summed E-state index contributed by atoms with van der Waals surface area (Å²) in [7, 11) is -2.29. The van der Waals surface area contributed by atoms with E-state index in [2.05, 4.69) is 9.97 Å². The topological polar surface area (TPSA) is 141 Å². The van der Waals surface area contributed by atoms with Gasteiger partial charge in [0.2, 0.25) is 16.0 Å². The first-order valence-corrected chi connectivity index (χ1v) is 12.3. The van der Waals surface area contributed by atoms with Crippen molar-refractivity contribution in [2.24, 2.45) is 0 Å². The molecule has 0 spiro atoms. The zero-order chi connectivity index (χ0) is 24.9. The Balaban J connectivity index is 2.50. The van der Waals surface area contributed by atoms with Crippen LogP contribution in [0.1, 0.15) is 50.3 Å². The molecule has 0 aliphatic rings. The van der Waals surface area contributed by atoms with Crippen LogP contribution in [0.5, 0.6) is 0 Å². The number of hydrogen-bond donors (Lipinski definition) is 3. The van der Waals surface area contributed by atoms with Crippen LogP contribution in [0.2, 0.25) is 0 Å². The quantitative estimate of drug-likeness (QED) is 0.442. The predicted octanol–water partition coefficient (Wildman–Crippen LogP) is 2.32. The second kappa shape index (κ2) is 11.0. The molecule has 11 heteroatoms. The van der Waals surface area contributed by atoms with Crippen molar-refractivity contribution >= 4 is 21.9 Å². The molecule has 0 saturated heterocycles. The van der Waals surface area contributed by atoms with Gasteiger partial charge < -0.3 is 15.3 Å². The molecule has 0 radical (unpaired) electrons. The summed E-state index contributed by atoms with van der Waals surface area (Å²) in [5.74, 6) is -1.74. The van der Waals surface area contributed by atoms with E-state index >= 15 is 0 Å². The highest BCUT2D eigenvalue weighted by atomic mass is 32.2. The molecule has 0 amide bonds. The molecule has 0 unspecified atom stereocenters. The van der Waals surface area contributed by atoms with Crippen molar-refractivity contribution in [2.75, 3.05) is 17.6 Å². The van der Waals surface area contributed by atoms with Gasteiger partial charge in [-0.05, 0) is 49.4 Å². The minimum atomic E-state index is -3.63. The van der Waals surface area contributed by atoms with Crippen molar-refractivity contribution in [3.05, 3.63) is 41.3 Å². The second-order valence-corrected chi connectivity index (χ2v) is 10.3. The first kappa shape index (κ1) is 26.6. The highest BCUT2D eigenvalue weighted by Crippen LogP contribution is 2.32. The standard InChI is InChI=1S/C22H30FN3O6S/c1-13(2)20-18(10-9-16(27)11-17(28)12-19(29)30)21(14-5-7-15(23)8-6-14)25-22(24-20)26(3)33(4,31)32/h5-8,13,16-17,27-28H,9-12H2,1-4H3,(H,29,30)/t16-,17+/m0/s1. The molecule has 0 saturated carbocycles.